The van der Waals surface area contributed by atoms with Crippen molar-refractivity contribution in [1.82, 2.24) is 20.7 Å². The number of H-pyrrole nitrogens is 1. The Hall–Kier alpha value is -1.76. The molecule has 0 radical (unpaired) electrons. The van der Waals surface area contributed by atoms with E-state index in [0.717, 1.165) is 17.0 Å². The molecule has 0 saturated heterocycles. The number of aromatic amines is 1. The number of methoxy groups -OCH3 is 1. The number of ether oxygens (including phenoxy) is 1. The van der Waals surface area contributed by atoms with Crippen LogP contribution in [0.2, 0.25) is 0 Å². The van der Waals surface area contributed by atoms with Gasteiger partial charge in [0.15, 0.2) is 0 Å². The summed E-state index contributed by atoms with van der Waals surface area (Å²) < 4.78 is 4.86. The van der Waals surface area contributed by atoms with Crippen molar-refractivity contribution >= 4 is 0 Å². The van der Waals surface area contributed by atoms with Crippen LogP contribution in [0, 0.1) is 0 Å². The van der Waals surface area contributed by atoms with E-state index >= 15 is 0 Å². The summed E-state index contributed by atoms with van der Waals surface area (Å²) in [6.07, 6.45) is -0.517. The van der Waals surface area contributed by atoms with Crippen LogP contribution in [0.25, 0.3) is 11.3 Å². The second-order valence-corrected chi connectivity index (χ2v) is 4.22. The van der Waals surface area contributed by atoms with Gasteiger partial charge < -0.3 is 15.2 Å². The van der Waals surface area contributed by atoms with Gasteiger partial charge in [0.2, 0.25) is 0 Å². The molecule has 0 saturated carbocycles. The summed E-state index contributed by atoms with van der Waals surface area (Å²) in [5.74, 6) is 0. The van der Waals surface area contributed by atoms with Gasteiger partial charge in [0.1, 0.15) is 11.4 Å². The molecule has 1 heterocycles. The molecule has 0 spiro atoms. The standard InChI is InChI=1S/C13H18N4O2/c1-19-9-11(18)7-14-8-12-13(16-17-15-12)10-5-3-2-4-6-10/h2-6,11,14,18H,7-9H2,1H3,(H,15,16,17). The lowest BCUT2D eigenvalue weighted by Gasteiger charge is -2.10. The lowest BCUT2D eigenvalue weighted by Crippen LogP contribution is -2.29. The van der Waals surface area contributed by atoms with Gasteiger partial charge in [-0.05, 0) is 0 Å². The molecule has 0 aliphatic carbocycles. The van der Waals surface area contributed by atoms with Crippen LogP contribution in [-0.4, -0.2) is 46.9 Å². The van der Waals surface area contributed by atoms with E-state index in [2.05, 4.69) is 20.7 Å². The number of aliphatic hydroxyl groups excluding tert-OH is 1. The highest BCUT2D eigenvalue weighted by Gasteiger charge is 2.10. The minimum absolute atomic E-state index is 0.317. The normalized spacial score (nSPS) is 12.5. The second-order valence-electron chi connectivity index (χ2n) is 4.22. The molecule has 6 nitrogen and oxygen atoms in total. The molecular formula is C13H18N4O2. The van der Waals surface area contributed by atoms with Crippen LogP contribution in [0.3, 0.4) is 0 Å². The van der Waals surface area contributed by atoms with Crippen LogP contribution < -0.4 is 5.32 Å². The molecule has 0 aliphatic heterocycles. The average Bonchev–Trinajstić information content (AvgIpc) is 2.88. The minimum Gasteiger partial charge on any atom is -0.389 e. The summed E-state index contributed by atoms with van der Waals surface area (Å²) in [5, 5.41) is 23.6. The molecule has 0 fully saturated rings. The lowest BCUT2D eigenvalue weighted by molar-refractivity contribution is 0.0643. The van der Waals surface area contributed by atoms with Gasteiger partial charge >= 0.3 is 0 Å². The number of rotatable bonds is 7. The minimum atomic E-state index is -0.517. The van der Waals surface area contributed by atoms with Crippen molar-refractivity contribution in [3.63, 3.8) is 0 Å². The van der Waals surface area contributed by atoms with Gasteiger partial charge in [0, 0.05) is 25.8 Å². The summed E-state index contributed by atoms with van der Waals surface area (Å²) in [4.78, 5) is 0. The van der Waals surface area contributed by atoms with Gasteiger partial charge in [-0.1, -0.05) is 30.3 Å². The third-order valence-corrected chi connectivity index (χ3v) is 2.70. The fourth-order valence-corrected chi connectivity index (χ4v) is 1.81. The molecule has 0 amide bonds. The van der Waals surface area contributed by atoms with E-state index in [-0.39, 0.29) is 0 Å². The molecule has 1 aromatic heterocycles. The van der Waals surface area contributed by atoms with Gasteiger partial charge in [-0.3, -0.25) is 0 Å². The van der Waals surface area contributed by atoms with Crippen molar-refractivity contribution in [2.45, 2.75) is 12.6 Å². The Morgan fingerprint density at radius 2 is 2.11 bits per heavy atom. The molecule has 102 valence electrons. The number of nitrogens with one attached hydrogen (secondary N) is 2. The Bertz CT molecular complexity index is 486. The van der Waals surface area contributed by atoms with E-state index in [1.54, 1.807) is 7.11 Å². The summed E-state index contributed by atoms with van der Waals surface area (Å²) >= 11 is 0. The van der Waals surface area contributed by atoms with E-state index in [9.17, 15) is 5.11 Å². The molecular weight excluding hydrogens is 244 g/mol. The van der Waals surface area contributed by atoms with E-state index in [4.69, 9.17) is 4.74 Å². The van der Waals surface area contributed by atoms with E-state index in [1.165, 1.54) is 0 Å². The first kappa shape index (κ1) is 13.7. The predicted molar refractivity (Wildman–Crippen MR) is 71.4 cm³/mol. The summed E-state index contributed by atoms with van der Waals surface area (Å²) in [6, 6.07) is 9.86. The van der Waals surface area contributed by atoms with Gasteiger partial charge in [0.25, 0.3) is 0 Å². The van der Waals surface area contributed by atoms with Crippen LogP contribution in [-0.2, 0) is 11.3 Å². The monoisotopic (exact) mass is 262 g/mol. The number of nitrogens with zero attached hydrogens (tertiary/aromatic N) is 2. The third-order valence-electron chi connectivity index (χ3n) is 2.70. The number of aromatic nitrogens is 3. The molecule has 19 heavy (non-hydrogen) atoms. The average molecular weight is 262 g/mol. The first-order valence-electron chi connectivity index (χ1n) is 6.14. The predicted octanol–water partition coefficient (Wildman–Crippen LogP) is 0.569. The summed E-state index contributed by atoms with van der Waals surface area (Å²) in [7, 11) is 1.56. The van der Waals surface area contributed by atoms with Crippen LogP contribution in [0.1, 0.15) is 5.69 Å². The molecule has 2 rings (SSSR count). The Kier molecular flexibility index (Phi) is 5.02. The van der Waals surface area contributed by atoms with Crippen molar-refractivity contribution < 1.29 is 9.84 Å². The fourth-order valence-electron chi connectivity index (χ4n) is 1.81. The number of benzene rings is 1. The zero-order chi connectivity index (χ0) is 13.5. The maximum atomic E-state index is 9.53. The summed E-state index contributed by atoms with van der Waals surface area (Å²) in [6.45, 7) is 1.31. The molecule has 2 aromatic rings. The first-order chi connectivity index (χ1) is 9.31. The summed E-state index contributed by atoms with van der Waals surface area (Å²) in [5.41, 5.74) is 2.68. The SMILES string of the molecule is COCC(O)CNCc1n[nH]nc1-c1ccccc1. The van der Waals surface area contributed by atoms with E-state index in [1.807, 2.05) is 30.3 Å². The highest BCUT2D eigenvalue weighted by Crippen LogP contribution is 2.18. The Labute approximate surface area is 111 Å². The first-order valence-corrected chi connectivity index (χ1v) is 6.14. The van der Waals surface area contributed by atoms with Crippen LogP contribution in [0.15, 0.2) is 30.3 Å². The number of hydrogen-bond donors (Lipinski definition) is 3. The zero-order valence-corrected chi connectivity index (χ0v) is 10.8. The van der Waals surface area contributed by atoms with Gasteiger partial charge in [-0.25, -0.2) is 0 Å². The quantitative estimate of drug-likeness (QED) is 0.679. The van der Waals surface area contributed by atoms with Gasteiger partial charge in [0.05, 0.1) is 12.7 Å². The second kappa shape index (κ2) is 6.98. The molecule has 1 unspecified atom stereocenters. The van der Waals surface area contributed by atoms with Gasteiger partial charge in [-0.15, -0.1) is 0 Å². The number of hydrogen-bond acceptors (Lipinski definition) is 5. The topological polar surface area (TPSA) is 83.1 Å². The molecule has 1 atom stereocenters. The van der Waals surface area contributed by atoms with Crippen molar-refractivity contribution in [2.75, 3.05) is 20.3 Å². The smallest absolute Gasteiger partial charge is 0.117 e. The van der Waals surface area contributed by atoms with Crippen molar-refractivity contribution in [2.24, 2.45) is 0 Å². The molecule has 6 heteroatoms. The van der Waals surface area contributed by atoms with Crippen molar-refractivity contribution in [3.05, 3.63) is 36.0 Å². The van der Waals surface area contributed by atoms with Gasteiger partial charge in [-0.2, -0.15) is 15.4 Å². The molecule has 0 bridgehead atoms. The zero-order valence-electron chi connectivity index (χ0n) is 10.8. The number of aliphatic hydroxyl groups is 1. The Balaban J connectivity index is 1.94. The van der Waals surface area contributed by atoms with E-state index in [0.29, 0.717) is 19.7 Å². The Morgan fingerprint density at radius 3 is 2.84 bits per heavy atom. The maximum absolute atomic E-state index is 9.53. The third kappa shape index (κ3) is 3.85. The van der Waals surface area contributed by atoms with E-state index < -0.39 is 6.10 Å². The van der Waals surface area contributed by atoms with Crippen LogP contribution in [0.4, 0.5) is 0 Å². The highest BCUT2D eigenvalue weighted by atomic mass is 16.5. The van der Waals surface area contributed by atoms with Crippen LogP contribution in [0.5, 0.6) is 0 Å². The van der Waals surface area contributed by atoms with Crippen molar-refractivity contribution in [3.8, 4) is 11.3 Å². The van der Waals surface area contributed by atoms with Crippen molar-refractivity contribution in [1.29, 1.82) is 0 Å². The fraction of sp³-hybridized carbons (Fsp3) is 0.385. The lowest BCUT2D eigenvalue weighted by atomic mass is 10.1. The largest absolute Gasteiger partial charge is 0.389 e. The molecule has 1 aromatic carbocycles. The molecule has 3 N–H and O–H groups in total. The maximum Gasteiger partial charge on any atom is 0.117 e. The Morgan fingerprint density at radius 1 is 1.32 bits per heavy atom. The molecule has 0 aliphatic rings. The van der Waals surface area contributed by atoms with Crippen LogP contribution >= 0.6 is 0 Å². The highest BCUT2D eigenvalue weighted by molar-refractivity contribution is 5.60.